The number of hydrogen-bond donors (Lipinski definition) is 2. The largest absolute Gasteiger partial charge is 0.356 e. The number of nitrogens with one attached hydrogen (secondary N) is 2. The monoisotopic (exact) mass is 258 g/mol. The molecule has 2 N–H and O–H groups in total. The first-order valence-corrected chi connectivity index (χ1v) is 7.90. The van der Waals surface area contributed by atoms with Gasteiger partial charge >= 0.3 is 0 Å². The summed E-state index contributed by atoms with van der Waals surface area (Å²) in [6.07, 6.45) is 2.87. The third-order valence-corrected chi connectivity index (χ3v) is 7.20. The molecule has 2 aliphatic heterocycles. The number of amides is 1. The van der Waals surface area contributed by atoms with Crippen LogP contribution in [0.25, 0.3) is 0 Å². The smallest absolute Gasteiger partial charge is 0.227 e. The molecule has 17 heavy (non-hydrogen) atoms. The van der Waals surface area contributed by atoms with Crippen LogP contribution in [0, 0.1) is 5.41 Å². The molecule has 1 amide bonds. The van der Waals surface area contributed by atoms with Crippen LogP contribution in [0.5, 0.6) is 0 Å². The second-order valence-electron chi connectivity index (χ2n) is 5.39. The number of carbonyl (C=O) groups excluding carboxylic acids is 1. The third-order valence-electron chi connectivity index (χ3n) is 4.39. The summed E-state index contributed by atoms with van der Waals surface area (Å²) in [6, 6.07) is 0. The van der Waals surface area contributed by atoms with E-state index in [9.17, 15) is 13.2 Å². The zero-order valence-electron chi connectivity index (χ0n) is 9.74. The highest BCUT2D eigenvalue weighted by atomic mass is 32.2. The predicted molar refractivity (Wildman–Crippen MR) is 63.3 cm³/mol. The maximum absolute atomic E-state index is 12.4. The summed E-state index contributed by atoms with van der Waals surface area (Å²) in [5.41, 5.74) is -0.646. The van der Waals surface area contributed by atoms with E-state index in [1.54, 1.807) is 0 Å². The summed E-state index contributed by atoms with van der Waals surface area (Å²) in [5, 5.41) is 5.25. The lowest BCUT2D eigenvalue weighted by Crippen LogP contribution is -2.56. The first kappa shape index (κ1) is 11.5. The molecule has 5 nitrogen and oxygen atoms in total. The minimum Gasteiger partial charge on any atom is -0.356 e. The van der Waals surface area contributed by atoms with Crippen LogP contribution in [0.3, 0.4) is 0 Å². The quantitative estimate of drug-likeness (QED) is 0.695. The fourth-order valence-corrected chi connectivity index (χ4v) is 5.77. The van der Waals surface area contributed by atoms with Crippen molar-refractivity contribution in [1.29, 1.82) is 0 Å². The van der Waals surface area contributed by atoms with Gasteiger partial charge in [-0.05, 0) is 32.2 Å². The molecule has 2 heterocycles. The van der Waals surface area contributed by atoms with Crippen LogP contribution in [0.2, 0.25) is 0 Å². The fraction of sp³-hybridized carbons (Fsp3) is 0.909. The van der Waals surface area contributed by atoms with Gasteiger partial charge in [0.05, 0.1) is 15.9 Å². The standard InChI is InChI=1S/C11H18N2O3S/c14-10-11(4-6-13-10)3-5-12-7-9(11)17(15,16)8-1-2-8/h8-9,12H,1-7H2,(H,13,14). The second kappa shape index (κ2) is 3.68. The van der Waals surface area contributed by atoms with Crippen LogP contribution in [-0.4, -0.2) is 44.5 Å². The van der Waals surface area contributed by atoms with E-state index in [1.165, 1.54) is 0 Å². The number of hydrogen-bond acceptors (Lipinski definition) is 4. The molecule has 0 aromatic rings. The van der Waals surface area contributed by atoms with Crippen molar-refractivity contribution < 1.29 is 13.2 Å². The van der Waals surface area contributed by atoms with Crippen LogP contribution in [-0.2, 0) is 14.6 Å². The Morgan fingerprint density at radius 3 is 2.47 bits per heavy atom. The van der Waals surface area contributed by atoms with Crippen LogP contribution in [0.4, 0.5) is 0 Å². The summed E-state index contributed by atoms with van der Waals surface area (Å²) in [5.74, 6) is -0.0479. The van der Waals surface area contributed by atoms with Gasteiger partial charge in [-0.2, -0.15) is 0 Å². The molecule has 3 aliphatic rings. The van der Waals surface area contributed by atoms with Crippen molar-refractivity contribution in [1.82, 2.24) is 10.6 Å². The van der Waals surface area contributed by atoms with Crippen LogP contribution in [0.1, 0.15) is 25.7 Å². The van der Waals surface area contributed by atoms with Crippen LogP contribution < -0.4 is 10.6 Å². The maximum Gasteiger partial charge on any atom is 0.227 e. The van der Waals surface area contributed by atoms with Gasteiger partial charge in [0.1, 0.15) is 0 Å². The number of sulfone groups is 1. The van der Waals surface area contributed by atoms with Gasteiger partial charge < -0.3 is 10.6 Å². The lowest BCUT2D eigenvalue weighted by Gasteiger charge is -2.38. The molecule has 6 heteroatoms. The van der Waals surface area contributed by atoms with Crippen molar-refractivity contribution in [3.8, 4) is 0 Å². The van der Waals surface area contributed by atoms with Crippen molar-refractivity contribution in [2.24, 2.45) is 5.41 Å². The van der Waals surface area contributed by atoms with E-state index in [1.807, 2.05) is 0 Å². The van der Waals surface area contributed by atoms with Gasteiger partial charge in [-0.15, -0.1) is 0 Å². The molecular weight excluding hydrogens is 240 g/mol. The normalized spacial score (nSPS) is 38.4. The molecule has 0 aromatic heterocycles. The van der Waals surface area contributed by atoms with E-state index in [-0.39, 0.29) is 11.2 Å². The molecule has 0 radical (unpaired) electrons. The molecular formula is C11H18N2O3S. The van der Waals surface area contributed by atoms with Crippen molar-refractivity contribution in [3.63, 3.8) is 0 Å². The molecule has 96 valence electrons. The number of piperidine rings is 1. The van der Waals surface area contributed by atoms with Crippen LogP contribution in [0.15, 0.2) is 0 Å². The Labute approximate surface area is 101 Å². The van der Waals surface area contributed by atoms with Crippen molar-refractivity contribution in [3.05, 3.63) is 0 Å². The Morgan fingerprint density at radius 1 is 1.18 bits per heavy atom. The Hall–Kier alpha value is -0.620. The third kappa shape index (κ3) is 1.61. The highest BCUT2D eigenvalue weighted by molar-refractivity contribution is 7.93. The summed E-state index contributed by atoms with van der Waals surface area (Å²) >= 11 is 0. The van der Waals surface area contributed by atoms with Gasteiger partial charge in [-0.1, -0.05) is 0 Å². The van der Waals surface area contributed by atoms with E-state index in [0.29, 0.717) is 25.9 Å². The Kier molecular flexibility index (Phi) is 2.49. The van der Waals surface area contributed by atoms with E-state index in [4.69, 9.17) is 0 Å². The zero-order valence-corrected chi connectivity index (χ0v) is 10.6. The predicted octanol–water partition coefficient (Wildman–Crippen LogP) is -0.568. The first-order valence-electron chi connectivity index (χ1n) is 6.29. The molecule has 1 aliphatic carbocycles. The molecule has 2 saturated heterocycles. The van der Waals surface area contributed by atoms with Gasteiger partial charge in [-0.3, -0.25) is 4.79 Å². The van der Waals surface area contributed by atoms with Gasteiger partial charge in [0.15, 0.2) is 9.84 Å². The Balaban J connectivity index is 1.98. The van der Waals surface area contributed by atoms with Gasteiger partial charge in [0.2, 0.25) is 5.91 Å². The fourth-order valence-electron chi connectivity index (χ4n) is 3.19. The molecule has 3 fully saturated rings. The Bertz CT molecular complexity index is 444. The number of carbonyl (C=O) groups is 1. The summed E-state index contributed by atoms with van der Waals surface area (Å²) in [7, 11) is -3.14. The molecule has 1 saturated carbocycles. The average Bonchev–Trinajstić information content (AvgIpc) is 3.09. The molecule has 2 unspecified atom stereocenters. The first-order chi connectivity index (χ1) is 8.07. The van der Waals surface area contributed by atoms with Gasteiger partial charge in [-0.25, -0.2) is 8.42 Å². The summed E-state index contributed by atoms with van der Waals surface area (Å²) in [6.45, 7) is 1.80. The minimum absolute atomic E-state index is 0.0479. The maximum atomic E-state index is 12.4. The van der Waals surface area contributed by atoms with Crippen molar-refractivity contribution in [2.45, 2.75) is 36.2 Å². The lowest BCUT2D eigenvalue weighted by molar-refractivity contribution is -0.128. The topological polar surface area (TPSA) is 75.3 Å². The van der Waals surface area contributed by atoms with E-state index < -0.39 is 20.5 Å². The minimum atomic E-state index is -3.14. The SMILES string of the molecule is O=C1NCCC12CCNCC2S(=O)(=O)C1CC1. The summed E-state index contributed by atoms with van der Waals surface area (Å²) < 4.78 is 24.9. The van der Waals surface area contributed by atoms with E-state index >= 15 is 0 Å². The van der Waals surface area contributed by atoms with Gasteiger partial charge in [0, 0.05) is 13.1 Å². The summed E-state index contributed by atoms with van der Waals surface area (Å²) in [4.78, 5) is 12.0. The van der Waals surface area contributed by atoms with Gasteiger partial charge in [0.25, 0.3) is 0 Å². The second-order valence-corrected chi connectivity index (χ2v) is 7.81. The van der Waals surface area contributed by atoms with E-state index in [2.05, 4.69) is 10.6 Å². The molecule has 1 spiro atoms. The lowest BCUT2D eigenvalue weighted by atomic mass is 9.77. The molecule has 2 atom stereocenters. The molecule has 0 bridgehead atoms. The highest BCUT2D eigenvalue weighted by Crippen LogP contribution is 2.44. The van der Waals surface area contributed by atoms with Crippen molar-refractivity contribution in [2.75, 3.05) is 19.6 Å². The van der Waals surface area contributed by atoms with E-state index in [0.717, 1.165) is 19.4 Å². The van der Waals surface area contributed by atoms with Crippen molar-refractivity contribution >= 4 is 15.7 Å². The zero-order chi connectivity index (χ0) is 12.1. The average molecular weight is 258 g/mol. The molecule has 3 rings (SSSR count). The van der Waals surface area contributed by atoms with Crippen LogP contribution >= 0.6 is 0 Å². The highest BCUT2D eigenvalue weighted by Gasteiger charge is 2.57. The Morgan fingerprint density at radius 2 is 1.88 bits per heavy atom. The number of rotatable bonds is 2. The molecule has 0 aromatic carbocycles.